The molecule has 0 amide bonds. The predicted molar refractivity (Wildman–Crippen MR) is 93.9 cm³/mol. The van der Waals surface area contributed by atoms with Crippen LogP contribution in [0.25, 0.3) is 0 Å². The van der Waals surface area contributed by atoms with E-state index in [2.05, 4.69) is 34.6 Å². The second-order valence-corrected chi connectivity index (χ2v) is 8.74. The third kappa shape index (κ3) is 5.48. The van der Waals surface area contributed by atoms with E-state index in [1.54, 1.807) is 6.92 Å². The Morgan fingerprint density at radius 1 is 0.895 bits per heavy atom. The lowest BCUT2D eigenvalue weighted by atomic mass is 9.29. The Morgan fingerprint density at radius 2 is 1.37 bits per heavy atom. The first kappa shape index (κ1) is 19.6. The van der Waals surface area contributed by atoms with Crippen LogP contribution in [-0.2, 0) is 0 Å². The maximum Gasteiger partial charge on any atom is 0.0608 e. The van der Waals surface area contributed by atoms with E-state index in [1.165, 1.54) is 0 Å². The van der Waals surface area contributed by atoms with E-state index in [4.69, 9.17) is 31.4 Å². The Hall–Kier alpha value is 0.610. The number of rotatable bonds is 8. The van der Waals surface area contributed by atoms with Gasteiger partial charge in [-0.2, -0.15) is 11.8 Å². The maximum absolute atomic E-state index is 5.97. The van der Waals surface area contributed by atoms with Crippen molar-refractivity contribution in [2.24, 2.45) is 5.41 Å². The second kappa shape index (κ2) is 6.58. The average Bonchev–Trinajstić information content (AvgIpc) is 2.22. The van der Waals surface area contributed by atoms with Gasteiger partial charge in [-0.3, -0.25) is 0 Å². The van der Waals surface area contributed by atoms with Gasteiger partial charge in [-0.15, -0.1) is 10.4 Å². The molecule has 0 aliphatic carbocycles. The molecule has 0 unspecified atom stereocenters. The Labute approximate surface area is 130 Å². The van der Waals surface area contributed by atoms with Crippen LogP contribution >= 0.6 is 11.8 Å². The van der Waals surface area contributed by atoms with Crippen LogP contribution in [0.1, 0.15) is 60.8 Å². The largest absolute Gasteiger partial charge is 0.155 e. The Balaban J connectivity index is 4.27. The molecule has 0 aliphatic rings. The number of hydrogen-bond acceptors (Lipinski definition) is 1. The zero-order valence-corrected chi connectivity index (χ0v) is 14.4. The number of hydrogen-bond donors (Lipinski definition) is 0. The van der Waals surface area contributed by atoms with Crippen molar-refractivity contribution < 1.29 is 0 Å². The minimum atomic E-state index is -1.05. The van der Waals surface area contributed by atoms with Crippen molar-refractivity contribution in [2.75, 3.05) is 5.75 Å². The van der Waals surface area contributed by atoms with Gasteiger partial charge in [0.1, 0.15) is 0 Å². The van der Waals surface area contributed by atoms with Crippen LogP contribution in [0.15, 0.2) is 0 Å². The van der Waals surface area contributed by atoms with Crippen molar-refractivity contribution >= 4 is 43.1 Å². The molecule has 0 heterocycles. The molecule has 8 radical (unpaired) electrons. The summed E-state index contributed by atoms with van der Waals surface area (Å²) in [5, 5.41) is -2.06. The quantitative estimate of drug-likeness (QED) is 0.479. The fourth-order valence-electron chi connectivity index (χ4n) is 1.58. The summed E-state index contributed by atoms with van der Waals surface area (Å²) in [7, 11) is 23.5. The van der Waals surface area contributed by atoms with Gasteiger partial charge in [0.25, 0.3) is 0 Å². The second-order valence-electron chi connectivity index (χ2n) is 7.02. The van der Waals surface area contributed by atoms with E-state index >= 15 is 0 Å². The van der Waals surface area contributed by atoms with Crippen molar-refractivity contribution in [3.05, 3.63) is 0 Å². The zero-order chi connectivity index (χ0) is 15.5. The summed E-state index contributed by atoms with van der Waals surface area (Å²) in [5.74, 6) is 1.02. The molecule has 0 N–H and O–H groups in total. The Morgan fingerprint density at radius 3 is 1.74 bits per heavy atom. The average molecular weight is 270 g/mol. The molecule has 0 spiro atoms. The molecule has 5 heteroatoms. The number of thioether (sulfide) groups is 1. The molecule has 100 valence electrons. The molecule has 0 nitrogen and oxygen atoms in total. The summed E-state index contributed by atoms with van der Waals surface area (Å²) in [6, 6.07) is 0. The van der Waals surface area contributed by atoms with Crippen LogP contribution in [0, 0.1) is 5.41 Å². The standard InChI is InChI=1S/C14H26B4S/c1-7-11(2,3)12(4,5)19-10-8-9-14(17,18)13(6,15)16/h7-10H2,1-6H3. The van der Waals surface area contributed by atoms with E-state index in [0.717, 1.165) is 18.6 Å². The lowest BCUT2D eigenvalue weighted by molar-refractivity contribution is 0.272. The first-order valence-electron chi connectivity index (χ1n) is 7.06. The molecule has 0 saturated heterocycles. The van der Waals surface area contributed by atoms with Gasteiger partial charge in [0, 0.05) is 4.75 Å². The first-order chi connectivity index (χ1) is 8.27. The van der Waals surface area contributed by atoms with Crippen LogP contribution in [0.4, 0.5) is 0 Å². The molecule has 0 aliphatic heterocycles. The smallest absolute Gasteiger partial charge is 0.0608 e. The van der Waals surface area contributed by atoms with Gasteiger partial charge in [-0.1, -0.05) is 48.0 Å². The van der Waals surface area contributed by atoms with Gasteiger partial charge in [0.2, 0.25) is 0 Å². The van der Waals surface area contributed by atoms with Crippen LogP contribution in [-0.4, -0.2) is 41.9 Å². The van der Waals surface area contributed by atoms with E-state index < -0.39 is 10.4 Å². The van der Waals surface area contributed by atoms with Crippen molar-refractivity contribution in [3.63, 3.8) is 0 Å². The normalized spacial score (nSPS) is 14.6. The molecule has 0 bridgehead atoms. The Bertz CT molecular complexity index is 280. The van der Waals surface area contributed by atoms with Gasteiger partial charge < -0.3 is 0 Å². The summed E-state index contributed by atoms with van der Waals surface area (Å²) in [6.45, 7) is 13.1. The zero-order valence-electron chi connectivity index (χ0n) is 13.5. The van der Waals surface area contributed by atoms with E-state index in [-0.39, 0.29) is 4.75 Å². The SMILES string of the molecule is [B]C([B])(C)C([B])([B])CCCSC(C)(C)C(C)(C)CC. The van der Waals surface area contributed by atoms with E-state index in [0.29, 0.717) is 11.8 Å². The highest BCUT2D eigenvalue weighted by atomic mass is 32.2. The molecule has 0 rings (SSSR count). The summed E-state index contributed by atoms with van der Waals surface area (Å²) in [6.07, 6.45) is 2.71. The molecule has 0 atom stereocenters. The van der Waals surface area contributed by atoms with Crippen LogP contribution in [0.3, 0.4) is 0 Å². The lowest BCUT2D eigenvalue weighted by Crippen LogP contribution is -2.36. The molecule has 0 aromatic carbocycles. The van der Waals surface area contributed by atoms with Gasteiger partial charge in [-0.25, -0.2) is 0 Å². The predicted octanol–water partition coefficient (Wildman–Crippen LogP) is 3.64. The lowest BCUT2D eigenvalue weighted by Gasteiger charge is -2.43. The molecule has 0 saturated carbocycles. The minimum absolute atomic E-state index is 0.225. The Kier molecular flexibility index (Phi) is 6.79. The first-order valence-corrected chi connectivity index (χ1v) is 8.05. The highest BCUT2D eigenvalue weighted by molar-refractivity contribution is 8.00. The van der Waals surface area contributed by atoms with Gasteiger partial charge in [-0.05, 0) is 24.0 Å². The van der Waals surface area contributed by atoms with Crippen molar-refractivity contribution in [1.29, 1.82) is 0 Å². The third-order valence-corrected chi connectivity index (χ3v) is 6.48. The van der Waals surface area contributed by atoms with E-state index in [1.807, 2.05) is 11.8 Å². The summed E-state index contributed by atoms with van der Waals surface area (Å²) < 4.78 is 0.225. The molecule has 0 aromatic heterocycles. The molecular formula is C14H26B4S. The maximum atomic E-state index is 5.97. The fourth-order valence-corrected chi connectivity index (χ4v) is 2.92. The van der Waals surface area contributed by atoms with Crippen molar-refractivity contribution in [1.82, 2.24) is 0 Å². The molecule has 0 aromatic rings. The third-order valence-electron chi connectivity index (χ3n) is 4.71. The minimum Gasteiger partial charge on any atom is -0.155 e. The van der Waals surface area contributed by atoms with Crippen LogP contribution < -0.4 is 0 Å². The summed E-state index contributed by atoms with van der Waals surface area (Å²) >= 11 is 1.97. The van der Waals surface area contributed by atoms with E-state index in [9.17, 15) is 0 Å². The summed E-state index contributed by atoms with van der Waals surface area (Å²) in [5.41, 5.74) is 0.302. The van der Waals surface area contributed by atoms with Crippen LogP contribution in [0.2, 0.25) is 10.4 Å². The monoisotopic (exact) mass is 270 g/mol. The molecule has 0 fully saturated rings. The summed E-state index contributed by atoms with van der Waals surface area (Å²) in [4.78, 5) is 0. The van der Waals surface area contributed by atoms with Gasteiger partial charge in [0.15, 0.2) is 0 Å². The van der Waals surface area contributed by atoms with Crippen molar-refractivity contribution in [2.45, 2.75) is 76.0 Å². The van der Waals surface area contributed by atoms with Crippen molar-refractivity contribution in [3.8, 4) is 0 Å². The molecular weight excluding hydrogens is 243 g/mol. The highest BCUT2D eigenvalue weighted by Crippen LogP contribution is 2.47. The fraction of sp³-hybridized carbons (Fsp3) is 1.00. The van der Waals surface area contributed by atoms with Gasteiger partial charge in [0.05, 0.1) is 31.4 Å². The van der Waals surface area contributed by atoms with Crippen LogP contribution in [0.5, 0.6) is 0 Å². The topological polar surface area (TPSA) is 0 Å². The molecule has 19 heavy (non-hydrogen) atoms. The van der Waals surface area contributed by atoms with Gasteiger partial charge >= 0.3 is 0 Å². The highest BCUT2D eigenvalue weighted by Gasteiger charge is 2.36.